The molecule has 38 heavy (non-hydrogen) atoms. The van der Waals surface area contributed by atoms with E-state index in [2.05, 4.69) is 88.0 Å². The zero-order valence-corrected chi connectivity index (χ0v) is 21.9. The van der Waals surface area contributed by atoms with E-state index in [0.717, 1.165) is 53.7 Å². The largest absolute Gasteiger partial charge is 0.349 e. The van der Waals surface area contributed by atoms with Gasteiger partial charge in [0.1, 0.15) is 5.54 Å². The third-order valence-corrected chi connectivity index (χ3v) is 8.02. The number of likely N-dealkylation sites (tertiary alicyclic amines) is 1. The second-order valence-electron chi connectivity index (χ2n) is 9.81. The molecule has 2 heterocycles. The van der Waals surface area contributed by atoms with Crippen molar-refractivity contribution in [3.8, 4) is 0 Å². The molecule has 0 bridgehead atoms. The Balaban J connectivity index is 1.31. The summed E-state index contributed by atoms with van der Waals surface area (Å²) in [5, 5.41) is 4.54. The van der Waals surface area contributed by atoms with Gasteiger partial charge in [0.2, 0.25) is 0 Å². The first-order chi connectivity index (χ1) is 18.7. The van der Waals surface area contributed by atoms with Gasteiger partial charge in [0.25, 0.3) is 0 Å². The second kappa shape index (κ2) is 10.3. The maximum atomic E-state index is 12.8. The van der Waals surface area contributed by atoms with Gasteiger partial charge in [0.15, 0.2) is 5.11 Å². The first-order valence-corrected chi connectivity index (χ1v) is 13.5. The van der Waals surface area contributed by atoms with E-state index in [0.29, 0.717) is 5.11 Å². The molecule has 1 saturated heterocycles. The van der Waals surface area contributed by atoms with E-state index in [1.165, 1.54) is 0 Å². The smallest absolute Gasteiger partial charge is 0.326 e. The summed E-state index contributed by atoms with van der Waals surface area (Å²) in [6, 6.07) is 39.6. The standard InChI is InChI=1S/C32H30N4OS/c37-30-33-28-18-10-11-19-29(28)36(30)27-20-22-35(23-21-27)31(38)34-32(24-12-4-1-5-13-24,25-14-6-2-7-15-25)26-16-8-3-9-17-26/h1-19,27H,20-23H2,(H,33,37)(H,34,38). The van der Waals surface area contributed by atoms with Gasteiger partial charge in [-0.3, -0.25) is 4.57 Å². The number of thiocarbonyl (C=S) groups is 1. The third-order valence-electron chi connectivity index (χ3n) is 7.66. The molecule has 4 aromatic carbocycles. The average Bonchev–Trinajstić information content (AvgIpc) is 3.33. The third kappa shape index (κ3) is 4.31. The lowest BCUT2D eigenvalue weighted by Crippen LogP contribution is -2.54. The summed E-state index contributed by atoms with van der Waals surface area (Å²) in [4.78, 5) is 18.0. The zero-order valence-electron chi connectivity index (χ0n) is 21.1. The van der Waals surface area contributed by atoms with E-state index in [1.807, 2.05) is 47.0 Å². The van der Waals surface area contributed by atoms with Crippen molar-refractivity contribution in [2.24, 2.45) is 0 Å². The van der Waals surface area contributed by atoms with Crippen molar-refractivity contribution in [2.75, 3.05) is 13.1 Å². The fraction of sp³-hybridized carbons (Fsp3) is 0.188. The number of benzene rings is 4. The minimum atomic E-state index is -0.647. The molecule has 1 aromatic heterocycles. The van der Waals surface area contributed by atoms with Crippen LogP contribution in [-0.4, -0.2) is 32.7 Å². The number of H-pyrrole nitrogens is 1. The van der Waals surface area contributed by atoms with Crippen LogP contribution in [0.5, 0.6) is 0 Å². The van der Waals surface area contributed by atoms with E-state index in [4.69, 9.17) is 12.2 Å². The van der Waals surface area contributed by atoms with Crippen molar-refractivity contribution in [1.29, 1.82) is 0 Å². The average molecular weight is 519 g/mol. The van der Waals surface area contributed by atoms with Gasteiger partial charge in [0.05, 0.1) is 11.0 Å². The van der Waals surface area contributed by atoms with Crippen molar-refractivity contribution < 1.29 is 0 Å². The highest BCUT2D eigenvalue weighted by molar-refractivity contribution is 7.80. The molecule has 6 heteroatoms. The van der Waals surface area contributed by atoms with Gasteiger partial charge in [-0.15, -0.1) is 0 Å². The molecule has 0 unspecified atom stereocenters. The van der Waals surface area contributed by atoms with Crippen LogP contribution in [0.2, 0.25) is 0 Å². The lowest BCUT2D eigenvalue weighted by atomic mass is 9.77. The van der Waals surface area contributed by atoms with Crippen LogP contribution >= 0.6 is 12.2 Å². The van der Waals surface area contributed by atoms with E-state index in [9.17, 15) is 4.79 Å². The number of para-hydroxylation sites is 2. The van der Waals surface area contributed by atoms with Gasteiger partial charge in [-0.25, -0.2) is 4.79 Å². The summed E-state index contributed by atoms with van der Waals surface area (Å²) in [6.07, 6.45) is 1.69. The molecule has 0 spiro atoms. The topological polar surface area (TPSA) is 53.1 Å². The molecule has 0 amide bonds. The summed E-state index contributed by atoms with van der Waals surface area (Å²) >= 11 is 6.10. The number of aromatic nitrogens is 2. The van der Waals surface area contributed by atoms with Crippen LogP contribution in [0.4, 0.5) is 0 Å². The lowest BCUT2D eigenvalue weighted by Gasteiger charge is -2.42. The Kier molecular flexibility index (Phi) is 6.56. The van der Waals surface area contributed by atoms with Gasteiger partial charge < -0.3 is 15.2 Å². The number of rotatable bonds is 5. The van der Waals surface area contributed by atoms with Crippen LogP contribution in [0.1, 0.15) is 35.6 Å². The highest BCUT2D eigenvalue weighted by atomic mass is 32.1. The summed E-state index contributed by atoms with van der Waals surface area (Å²) in [6.45, 7) is 1.55. The molecular weight excluding hydrogens is 488 g/mol. The van der Waals surface area contributed by atoms with Crippen molar-refractivity contribution >= 4 is 28.4 Å². The molecule has 0 radical (unpaired) electrons. The Morgan fingerprint density at radius 2 is 1.21 bits per heavy atom. The van der Waals surface area contributed by atoms with E-state index in [1.54, 1.807) is 0 Å². The SMILES string of the molecule is O=c1[nH]c2ccccc2n1C1CCN(C(=S)NC(c2ccccc2)(c2ccccc2)c2ccccc2)CC1. The predicted molar refractivity (Wildman–Crippen MR) is 157 cm³/mol. The van der Waals surface area contributed by atoms with Crippen molar-refractivity contribution in [1.82, 2.24) is 19.8 Å². The predicted octanol–water partition coefficient (Wildman–Crippen LogP) is 5.83. The molecule has 6 rings (SSSR count). The Bertz CT molecular complexity index is 1490. The Labute approximate surface area is 227 Å². The van der Waals surface area contributed by atoms with Crippen LogP contribution in [-0.2, 0) is 5.54 Å². The molecule has 5 aromatic rings. The van der Waals surface area contributed by atoms with Crippen molar-refractivity contribution in [3.63, 3.8) is 0 Å². The number of hydrogen-bond acceptors (Lipinski definition) is 2. The number of aromatic amines is 1. The van der Waals surface area contributed by atoms with Gasteiger partial charge >= 0.3 is 5.69 Å². The maximum absolute atomic E-state index is 12.8. The quantitative estimate of drug-likeness (QED) is 0.227. The number of hydrogen-bond donors (Lipinski definition) is 2. The molecule has 0 aliphatic carbocycles. The van der Waals surface area contributed by atoms with E-state index >= 15 is 0 Å². The first kappa shape index (κ1) is 24.2. The summed E-state index contributed by atoms with van der Waals surface area (Å²) in [7, 11) is 0. The van der Waals surface area contributed by atoms with Gasteiger partial charge in [-0.2, -0.15) is 0 Å². The number of fused-ring (bicyclic) bond motifs is 1. The first-order valence-electron chi connectivity index (χ1n) is 13.1. The van der Waals surface area contributed by atoms with Gasteiger partial charge in [0, 0.05) is 19.1 Å². The lowest BCUT2D eigenvalue weighted by molar-refractivity contribution is 0.261. The monoisotopic (exact) mass is 518 g/mol. The van der Waals surface area contributed by atoms with Crippen LogP contribution < -0.4 is 11.0 Å². The van der Waals surface area contributed by atoms with Crippen molar-refractivity contribution in [3.05, 3.63) is 142 Å². The summed E-state index contributed by atoms with van der Waals surface area (Å²) < 4.78 is 1.92. The highest BCUT2D eigenvalue weighted by Gasteiger charge is 2.38. The molecule has 0 atom stereocenters. The second-order valence-corrected chi connectivity index (χ2v) is 10.2. The highest BCUT2D eigenvalue weighted by Crippen LogP contribution is 2.37. The molecule has 1 fully saturated rings. The zero-order chi connectivity index (χ0) is 26.0. The normalized spacial score (nSPS) is 14.5. The number of piperidine rings is 1. The number of nitrogens with one attached hydrogen (secondary N) is 2. The Hall–Kier alpha value is -4.16. The minimum absolute atomic E-state index is 0.0402. The molecular formula is C32H30N4OS. The number of imidazole rings is 1. The Morgan fingerprint density at radius 1 is 0.737 bits per heavy atom. The number of nitrogens with zero attached hydrogens (tertiary/aromatic N) is 2. The molecule has 5 nitrogen and oxygen atoms in total. The molecule has 190 valence electrons. The van der Waals surface area contributed by atoms with E-state index in [-0.39, 0.29) is 11.7 Å². The molecule has 1 aliphatic rings. The molecule has 0 saturated carbocycles. The van der Waals surface area contributed by atoms with Crippen LogP contribution in [0.15, 0.2) is 120 Å². The maximum Gasteiger partial charge on any atom is 0.326 e. The van der Waals surface area contributed by atoms with E-state index < -0.39 is 5.54 Å². The van der Waals surface area contributed by atoms with Gasteiger partial charge in [-0.1, -0.05) is 103 Å². The molecule has 2 N–H and O–H groups in total. The summed E-state index contributed by atoms with van der Waals surface area (Å²) in [5.74, 6) is 0. The fourth-order valence-electron chi connectivity index (χ4n) is 5.78. The van der Waals surface area contributed by atoms with Crippen LogP contribution in [0.3, 0.4) is 0 Å². The summed E-state index contributed by atoms with van der Waals surface area (Å²) in [5.41, 5.74) is 4.54. The molecule has 1 aliphatic heterocycles. The Morgan fingerprint density at radius 3 is 1.74 bits per heavy atom. The minimum Gasteiger partial charge on any atom is -0.349 e. The van der Waals surface area contributed by atoms with Crippen molar-refractivity contribution in [2.45, 2.75) is 24.4 Å². The fourth-order valence-corrected chi connectivity index (χ4v) is 6.12. The van der Waals surface area contributed by atoms with Crippen LogP contribution in [0.25, 0.3) is 11.0 Å². The van der Waals surface area contributed by atoms with Crippen LogP contribution in [0, 0.1) is 0 Å². The van der Waals surface area contributed by atoms with Gasteiger partial charge in [-0.05, 0) is 53.9 Å².